The molecule has 1 atom stereocenters. The Balaban J connectivity index is 3.45. The van der Waals surface area contributed by atoms with Crippen LogP contribution >= 0.6 is 0 Å². The number of hydrogen-bond acceptors (Lipinski definition) is 3. The Hall–Kier alpha value is -0.610. The highest BCUT2D eigenvalue weighted by Crippen LogP contribution is 1.93. The first kappa shape index (κ1) is 8.39. The Labute approximate surface area is 54.0 Å². The van der Waals surface area contributed by atoms with Crippen LogP contribution in [0.25, 0.3) is 0 Å². The fraction of sp³-hybridized carbons (Fsp3) is 0.800. The summed E-state index contributed by atoms with van der Waals surface area (Å²) in [6, 6.07) is 0. The van der Waals surface area contributed by atoms with Gasteiger partial charge in [0, 0.05) is 0 Å². The number of aliphatic hydroxyl groups is 1. The van der Waals surface area contributed by atoms with Gasteiger partial charge in [-0.15, -0.1) is 0 Å². The Kier molecular flexibility index (Phi) is 4.00. The second-order valence-electron chi connectivity index (χ2n) is 1.81. The molecular formula is C5H12N2O2. The van der Waals surface area contributed by atoms with E-state index in [1.54, 1.807) is 0 Å². The summed E-state index contributed by atoms with van der Waals surface area (Å²) in [7, 11) is 0. The number of rotatable bonds is 3. The van der Waals surface area contributed by atoms with E-state index < -0.39 is 12.0 Å². The van der Waals surface area contributed by atoms with Gasteiger partial charge in [-0.1, -0.05) is 13.3 Å². The zero-order valence-corrected chi connectivity index (χ0v) is 5.42. The number of carbonyl (C=O) groups is 1. The second kappa shape index (κ2) is 4.29. The summed E-state index contributed by atoms with van der Waals surface area (Å²) in [5.41, 5.74) is 1.86. The molecule has 4 N–H and O–H groups in total. The number of nitrogens with one attached hydrogen (secondary N) is 1. The van der Waals surface area contributed by atoms with Crippen molar-refractivity contribution < 1.29 is 9.90 Å². The maximum absolute atomic E-state index is 10.4. The lowest BCUT2D eigenvalue weighted by atomic mass is 10.2. The van der Waals surface area contributed by atoms with Gasteiger partial charge >= 0.3 is 0 Å². The van der Waals surface area contributed by atoms with Gasteiger partial charge in [-0.3, -0.25) is 10.2 Å². The van der Waals surface area contributed by atoms with Gasteiger partial charge in [-0.05, 0) is 6.42 Å². The van der Waals surface area contributed by atoms with Crippen molar-refractivity contribution in [1.82, 2.24) is 5.43 Å². The molecule has 1 unspecified atom stereocenters. The smallest absolute Gasteiger partial charge is 0.262 e. The molecule has 0 aromatic rings. The van der Waals surface area contributed by atoms with Gasteiger partial charge in [0.2, 0.25) is 0 Å². The van der Waals surface area contributed by atoms with Crippen LogP contribution < -0.4 is 11.3 Å². The molecule has 0 saturated carbocycles. The quantitative estimate of drug-likeness (QED) is 0.265. The maximum Gasteiger partial charge on any atom is 0.262 e. The van der Waals surface area contributed by atoms with Crippen molar-refractivity contribution in [3.05, 3.63) is 0 Å². The molecule has 1 amide bonds. The van der Waals surface area contributed by atoms with E-state index in [1.807, 2.05) is 12.3 Å². The number of nitrogens with two attached hydrogens (primary N) is 1. The van der Waals surface area contributed by atoms with Gasteiger partial charge in [0.25, 0.3) is 5.91 Å². The van der Waals surface area contributed by atoms with Gasteiger partial charge in [-0.25, -0.2) is 5.84 Å². The Bertz CT molecular complexity index is 95.0. The molecule has 0 spiro atoms. The number of carbonyl (C=O) groups excluding carboxylic acids is 1. The Morgan fingerprint density at radius 1 is 1.89 bits per heavy atom. The maximum atomic E-state index is 10.4. The molecule has 9 heavy (non-hydrogen) atoms. The van der Waals surface area contributed by atoms with Crippen LogP contribution in [0.1, 0.15) is 19.8 Å². The molecule has 0 aromatic carbocycles. The summed E-state index contributed by atoms with van der Waals surface area (Å²) in [5.74, 6) is 4.23. The molecule has 0 radical (unpaired) electrons. The number of amides is 1. The third-order valence-electron chi connectivity index (χ3n) is 1.01. The van der Waals surface area contributed by atoms with E-state index in [0.29, 0.717) is 6.42 Å². The zero-order chi connectivity index (χ0) is 7.28. The lowest BCUT2D eigenvalue weighted by Crippen LogP contribution is -2.38. The molecular weight excluding hydrogens is 120 g/mol. The van der Waals surface area contributed by atoms with E-state index in [2.05, 4.69) is 0 Å². The van der Waals surface area contributed by atoms with Crippen LogP contribution in [0.3, 0.4) is 0 Å². The topological polar surface area (TPSA) is 75.3 Å². The van der Waals surface area contributed by atoms with Crippen LogP contribution in [0.4, 0.5) is 0 Å². The van der Waals surface area contributed by atoms with Crippen LogP contribution in [0.15, 0.2) is 0 Å². The van der Waals surface area contributed by atoms with Gasteiger partial charge in [-0.2, -0.15) is 0 Å². The van der Waals surface area contributed by atoms with Crippen molar-refractivity contribution in [3.8, 4) is 0 Å². The molecule has 4 heteroatoms. The summed E-state index contributed by atoms with van der Waals surface area (Å²) in [5, 5.41) is 8.83. The fourth-order valence-electron chi connectivity index (χ4n) is 0.501. The van der Waals surface area contributed by atoms with Crippen molar-refractivity contribution in [2.45, 2.75) is 25.9 Å². The molecule has 4 nitrogen and oxygen atoms in total. The van der Waals surface area contributed by atoms with Gasteiger partial charge < -0.3 is 5.11 Å². The molecule has 0 fully saturated rings. The Morgan fingerprint density at radius 3 is 2.78 bits per heavy atom. The summed E-state index contributed by atoms with van der Waals surface area (Å²) in [4.78, 5) is 10.4. The van der Waals surface area contributed by atoms with E-state index in [4.69, 9.17) is 10.9 Å². The average molecular weight is 132 g/mol. The van der Waals surface area contributed by atoms with Crippen LogP contribution in [0.2, 0.25) is 0 Å². The molecule has 0 aliphatic heterocycles. The number of hydrazine groups is 1. The molecule has 54 valence electrons. The van der Waals surface area contributed by atoms with Crippen LogP contribution in [-0.2, 0) is 4.79 Å². The van der Waals surface area contributed by atoms with Crippen molar-refractivity contribution in [2.75, 3.05) is 0 Å². The minimum Gasteiger partial charge on any atom is -0.383 e. The van der Waals surface area contributed by atoms with Crippen LogP contribution in [-0.4, -0.2) is 17.1 Å². The summed E-state index contributed by atoms with van der Waals surface area (Å²) < 4.78 is 0. The molecule has 0 aliphatic rings. The predicted octanol–water partition coefficient (Wildman–Crippen LogP) is -0.863. The van der Waals surface area contributed by atoms with Crippen molar-refractivity contribution in [2.24, 2.45) is 5.84 Å². The Morgan fingerprint density at radius 2 is 2.44 bits per heavy atom. The van der Waals surface area contributed by atoms with E-state index in [0.717, 1.165) is 6.42 Å². The SMILES string of the molecule is CCCC(O)C(=O)NN. The number of aliphatic hydroxyl groups excluding tert-OH is 1. The summed E-state index contributed by atoms with van der Waals surface area (Å²) in [6.45, 7) is 1.88. The molecule has 0 saturated heterocycles. The van der Waals surface area contributed by atoms with Gasteiger partial charge in [0.05, 0.1) is 0 Å². The average Bonchev–Trinajstić information content (AvgIpc) is 1.87. The highest BCUT2D eigenvalue weighted by molar-refractivity contribution is 5.79. The minimum absolute atomic E-state index is 0.461. The van der Waals surface area contributed by atoms with Crippen LogP contribution in [0.5, 0.6) is 0 Å². The van der Waals surface area contributed by atoms with Gasteiger partial charge in [0.15, 0.2) is 0 Å². The standard InChI is InChI=1S/C5H12N2O2/c1-2-3-4(8)5(9)7-6/h4,8H,2-3,6H2,1H3,(H,7,9). The highest BCUT2D eigenvalue weighted by Gasteiger charge is 2.10. The molecule has 0 aliphatic carbocycles. The molecule has 0 bridgehead atoms. The van der Waals surface area contributed by atoms with E-state index in [9.17, 15) is 4.79 Å². The third-order valence-corrected chi connectivity index (χ3v) is 1.01. The van der Waals surface area contributed by atoms with Crippen molar-refractivity contribution >= 4 is 5.91 Å². The first-order chi connectivity index (χ1) is 4.22. The predicted molar refractivity (Wildman–Crippen MR) is 33.2 cm³/mol. The van der Waals surface area contributed by atoms with E-state index in [-0.39, 0.29) is 0 Å². The van der Waals surface area contributed by atoms with Crippen molar-refractivity contribution in [3.63, 3.8) is 0 Å². The molecule has 0 aromatic heterocycles. The van der Waals surface area contributed by atoms with Crippen LogP contribution in [0, 0.1) is 0 Å². The number of hydrogen-bond donors (Lipinski definition) is 3. The second-order valence-corrected chi connectivity index (χ2v) is 1.81. The molecule has 0 heterocycles. The lowest BCUT2D eigenvalue weighted by molar-refractivity contribution is -0.129. The highest BCUT2D eigenvalue weighted by atomic mass is 16.3. The monoisotopic (exact) mass is 132 g/mol. The third kappa shape index (κ3) is 3.05. The first-order valence-corrected chi connectivity index (χ1v) is 2.91. The van der Waals surface area contributed by atoms with E-state index >= 15 is 0 Å². The lowest BCUT2D eigenvalue weighted by Gasteiger charge is -2.04. The zero-order valence-electron chi connectivity index (χ0n) is 5.42. The molecule has 0 rings (SSSR count). The first-order valence-electron chi connectivity index (χ1n) is 2.91. The summed E-state index contributed by atoms with van der Waals surface area (Å²) >= 11 is 0. The minimum atomic E-state index is -0.944. The van der Waals surface area contributed by atoms with Gasteiger partial charge in [0.1, 0.15) is 6.10 Å². The normalized spacial score (nSPS) is 12.8. The fourth-order valence-corrected chi connectivity index (χ4v) is 0.501. The van der Waals surface area contributed by atoms with Crippen molar-refractivity contribution in [1.29, 1.82) is 0 Å². The van der Waals surface area contributed by atoms with E-state index in [1.165, 1.54) is 0 Å². The largest absolute Gasteiger partial charge is 0.383 e. The summed E-state index contributed by atoms with van der Waals surface area (Å²) in [6.07, 6.45) is 0.289.